The molecule has 0 saturated heterocycles. The molecular formula is C7H3BrClF3N2O2. The van der Waals surface area contributed by atoms with Gasteiger partial charge in [-0.05, 0) is 15.9 Å². The zero-order chi connectivity index (χ0) is 12.5. The number of alkyl halides is 3. The van der Waals surface area contributed by atoms with Crippen LogP contribution >= 0.6 is 27.5 Å². The maximum Gasteiger partial charge on any atom is 0.421 e. The molecule has 1 amide bonds. The lowest BCUT2D eigenvalue weighted by Crippen LogP contribution is -2.16. The lowest BCUT2D eigenvalue weighted by atomic mass is 10.2. The van der Waals surface area contributed by atoms with Crippen molar-refractivity contribution in [1.29, 1.82) is 0 Å². The van der Waals surface area contributed by atoms with Crippen molar-refractivity contribution in [2.24, 2.45) is 0 Å². The summed E-state index contributed by atoms with van der Waals surface area (Å²) >= 11 is 8.20. The molecule has 0 unspecified atom stereocenters. The summed E-state index contributed by atoms with van der Waals surface area (Å²) in [5, 5.41) is 9.23. The monoisotopic (exact) mass is 318 g/mol. The van der Waals surface area contributed by atoms with Gasteiger partial charge in [-0.2, -0.15) is 13.2 Å². The average Bonchev–Trinajstić information content (AvgIpc) is 2.08. The Balaban J connectivity index is 3.39. The van der Waals surface area contributed by atoms with Crippen molar-refractivity contribution in [3.8, 4) is 0 Å². The van der Waals surface area contributed by atoms with E-state index >= 15 is 0 Å². The molecule has 0 radical (unpaired) electrons. The van der Waals surface area contributed by atoms with Gasteiger partial charge < -0.3 is 5.11 Å². The fourth-order valence-electron chi connectivity index (χ4n) is 0.921. The van der Waals surface area contributed by atoms with Crippen LogP contribution in [-0.2, 0) is 6.18 Å². The molecule has 0 bridgehead atoms. The Morgan fingerprint density at radius 3 is 2.56 bits per heavy atom. The van der Waals surface area contributed by atoms with Gasteiger partial charge in [-0.1, -0.05) is 11.6 Å². The first-order valence-corrected chi connectivity index (χ1v) is 4.81. The summed E-state index contributed by atoms with van der Waals surface area (Å²) in [7, 11) is 0. The van der Waals surface area contributed by atoms with Crippen LogP contribution in [0.25, 0.3) is 0 Å². The lowest BCUT2D eigenvalue weighted by Gasteiger charge is -2.13. The highest BCUT2D eigenvalue weighted by Crippen LogP contribution is 2.41. The second-order valence-electron chi connectivity index (χ2n) is 2.57. The number of carboxylic acid groups (broad SMARTS) is 1. The van der Waals surface area contributed by atoms with Crippen LogP contribution < -0.4 is 5.32 Å². The molecule has 88 valence electrons. The molecule has 0 spiro atoms. The predicted octanol–water partition coefficient (Wildman–Crippen LogP) is 3.61. The van der Waals surface area contributed by atoms with Crippen molar-refractivity contribution in [3.05, 3.63) is 21.3 Å². The first kappa shape index (κ1) is 13.0. The van der Waals surface area contributed by atoms with Crippen molar-refractivity contribution < 1.29 is 23.1 Å². The molecule has 0 aliphatic carbocycles. The Labute approximate surface area is 101 Å². The van der Waals surface area contributed by atoms with Crippen LogP contribution in [0.2, 0.25) is 5.02 Å². The van der Waals surface area contributed by atoms with Crippen LogP contribution in [0.5, 0.6) is 0 Å². The minimum Gasteiger partial charge on any atom is -0.465 e. The topological polar surface area (TPSA) is 62.2 Å². The Hall–Kier alpha value is -1.02. The van der Waals surface area contributed by atoms with Crippen LogP contribution in [0.15, 0.2) is 10.7 Å². The van der Waals surface area contributed by atoms with Crippen molar-refractivity contribution in [2.45, 2.75) is 6.18 Å². The van der Waals surface area contributed by atoms with Crippen LogP contribution in [0.4, 0.5) is 23.8 Å². The first-order valence-electron chi connectivity index (χ1n) is 3.64. The van der Waals surface area contributed by atoms with E-state index in [0.29, 0.717) is 0 Å². The van der Waals surface area contributed by atoms with Gasteiger partial charge in [0.1, 0.15) is 11.4 Å². The van der Waals surface area contributed by atoms with Crippen molar-refractivity contribution in [2.75, 3.05) is 5.32 Å². The quantitative estimate of drug-likeness (QED) is 0.831. The number of halogens is 5. The summed E-state index contributed by atoms with van der Waals surface area (Å²) in [6.45, 7) is 0. The highest BCUT2D eigenvalue weighted by Gasteiger charge is 2.38. The van der Waals surface area contributed by atoms with Gasteiger partial charge in [0.05, 0.1) is 9.50 Å². The van der Waals surface area contributed by atoms with E-state index in [0.717, 1.165) is 6.20 Å². The summed E-state index contributed by atoms with van der Waals surface area (Å²) in [5.41, 5.74) is -1.33. The number of carbonyl (C=O) groups is 1. The number of rotatable bonds is 1. The fourth-order valence-corrected chi connectivity index (χ4v) is 1.47. The number of aromatic nitrogens is 1. The summed E-state index contributed by atoms with van der Waals surface area (Å²) < 4.78 is 37.6. The first-order chi connectivity index (χ1) is 7.23. The second kappa shape index (κ2) is 4.46. The molecule has 1 aromatic heterocycles. The van der Waals surface area contributed by atoms with Crippen LogP contribution in [0.3, 0.4) is 0 Å². The van der Waals surface area contributed by atoms with E-state index in [1.807, 2.05) is 0 Å². The van der Waals surface area contributed by atoms with Gasteiger partial charge in [-0.25, -0.2) is 9.78 Å². The van der Waals surface area contributed by atoms with E-state index < -0.39 is 28.7 Å². The van der Waals surface area contributed by atoms with E-state index in [-0.39, 0.29) is 4.47 Å². The Morgan fingerprint density at radius 1 is 1.56 bits per heavy atom. The number of hydrogen-bond acceptors (Lipinski definition) is 2. The van der Waals surface area contributed by atoms with E-state index in [1.165, 1.54) is 5.32 Å². The minimum atomic E-state index is -4.80. The fraction of sp³-hybridized carbons (Fsp3) is 0.143. The predicted molar refractivity (Wildman–Crippen MR) is 53.6 cm³/mol. The zero-order valence-corrected chi connectivity index (χ0v) is 9.61. The number of amides is 1. The minimum absolute atomic E-state index is 0.0718. The molecular weight excluding hydrogens is 316 g/mol. The molecule has 0 atom stereocenters. The average molecular weight is 319 g/mol. The van der Waals surface area contributed by atoms with E-state index in [4.69, 9.17) is 16.7 Å². The Bertz CT molecular complexity index is 438. The number of nitrogens with zero attached hydrogens (tertiary/aromatic N) is 1. The summed E-state index contributed by atoms with van der Waals surface area (Å²) in [6.07, 6.45) is -5.48. The van der Waals surface area contributed by atoms with Crippen LogP contribution in [0.1, 0.15) is 5.56 Å². The van der Waals surface area contributed by atoms with Gasteiger partial charge in [0.25, 0.3) is 0 Å². The molecule has 9 heteroatoms. The second-order valence-corrected chi connectivity index (χ2v) is 3.80. The van der Waals surface area contributed by atoms with Crippen molar-refractivity contribution in [3.63, 3.8) is 0 Å². The van der Waals surface area contributed by atoms with Gasteiger partial charge in [0.2, 0.25) is 0 Å². The van der Waals surface area contributed by atoms with Crippen LogP contribution in [-0.4, -0.2) is 16.2 Å². The third-order valence-electron chi connectivity index (χ3n) is 1.48. The molecule has 0 fully saturated rings. The number of nitrogens with one attached hydrogen (secondary N) is 1. The van der Waals surface area contributed by atoms with E-state index in [9.17, 15) is 18.0 Å². The molecule has 16 heavy (non-hydrogen) atoms. The molecule has 0 saturated carbocycles. The summed E-state index contributed by atoms with van der Waals surface area (Å²) in [4.78, 5) is 13.6. The molecule has 1 heterocycles. The summed E-state index contributed by atoms with van der Waals surface area (Å²) in [6, 6.07) is 0. The van der Waals surface area contributed by atoms with E-state index in [2.05, 4.69) is 20.9 Å². The van der Waals surface area contributed by atoms with Gasteiger partial charge >= 0.3 is 12.3 Å². The molecule has 1 rings (SSSR count). The van der Waals surface area contributed by atoms with Crippen molar-refractivity contribution >= 4 is 39.4 Å². The molecule has 0 aliphatic rings. The third kappa shape index (κ3) is 2.76. The Morgan fingerprint density at radius 2 is 2.12 bits per heavy atom. The molecule has 4 nitrogen and oxygen atoms in total. The molecule has 0 aromatic carbocycles. The molecule has 1 aromatic rings. The Kier molecular flexibility index (Phi) is 3.64. The largest absolute Gasteiger partial charge is 0.465 e. The van der Waals surface area contributed by atoms with E-state index in [1.54, 1.807) is 0 Å². The van der Waals surface area contributed by atoms with Gasteiger partial charge in [-0.15, -0.1) is 0 Å². The van der Waals surface area contributed by atoms with Crippen LogP contribution in [0, 0.1) is 0 Å². The summed E-state index contributed by atoms with van der Waals surface area (Å²) in [5.74, 6) is -0.854. The number of pyridine rings is 1. The normalized spacial score (nSPS) is 11.3. The van der Waals surface area contributed by atoms with Gasteiger partial charge in [0, 0.05) is 6.20 Å². The highest BCUT2D eigenvalue weighted by molar-refractivity contribution is 9.10. The third-order valence-corrected chi connectivity index (χ3v) is 2.70. The SMILES string of the molecule is O=C(O)Nc1ncc(Br)c(Cl)c1C(F)(F)F. The maximum absolute atomic E-state index is 12.6. The number of anilines is 1. The molecule has 2 N–H and O–H groups in total. The standard InChI is InChI=1S/C7H3BrClF3N2O2/c8-2-1-13-5(14-6(15)16)3(4(2)9)7(10,11)12/h1H,(H,13,14)(H,15,16). The van der Waals surface area contributed by atoms with Crippen molar-refractivity contribution in [1.82, 2.24) is 4.98 Å². The zero-order valence-electron chi connectivity index (χ0n) is 7.27. The van der Waals surface area contributed by atoms with Gasteiger partial charge in [-0.3, -0.25) is 5.32 Å². The lowest BCUT2D eigenvalue weighted by molar-refractivity contribution is -0.137. The molecule has 0 aliphatic heterocycles. The van der Waals surface area contributed by atoms with Gasteiger partial charge in [0.15, 0.2) is 0 Å². The maximum atomic E-state index is 12.6. The number of hydrogen-bond donors (Lipinski definition) is 2. The smallest absolute Gasteiger partial charge is 0.421 e. The highest BCUT2D eigenvalue weighted by atomic mass is 79.9.